The van der Waals surface area contributed by atoms with Crippen molar-refractivity contribution in [3.63, 3.8) is 0 Å². The molecule has 3 fully saturated rings. The Balaban J connectivity index is 1.14. The SMILES string of the molecule is O=C(c1cnn2ccc(-c3c[nH]c4ncnc(NC5CCC(N6CCOCC6)CC5)c34)cc12)N1CCCCC1. The lowest BCUT2D eigenvalue weighted by atomic mass is 9.90. The van der Waals surface area contributed by atoms with Gasteiger partial charge in [-0.05, 0) is 62.6 Å². The van der Waals surface area contributed by atoms with Gasteiger partial charge in [0.05, 0.1) is 35.9 Å². The molecule has 1 saturated carbocycles. The molecule has 204 valence electrons. The monoisotopic (exact) mass is 528 g/mol. The van der Waals surface area contributed by atoms with Gasteiger partial charge in [0.15, 0.2) is 0 Å². The average Bonchev–Trinajstić information content (AvgIpc) is 3.63. The number of fused-ring (bicyclic) bond motifs is 2. The third-order valence-corrected chi connectivity index (χ3v) is 8.78. The number of carbonyl (C=O) groups is 1. The van der Waals surface area contributed by atoms with Gasteiger partial charge >= 0.3 is 0 Å². The molecule has 39 heavy (non-hydrogen) atoms. The number of piperidine rings is 1. The van der Waals surface area contributed by atoms with E-state index >= 15 is 0 Å². The number of pyridine rings is 1. The number of amides is 1. The summed E-state index contributed by atoms with van der Waals surface area (Å²) in [6.45, 7) is 5.44. The Hall–Kier alpha value is -3.50. The minimum atomic E-state index is 0.0687. The van der Waals surface area contributed by atoms with E-state index in [9.17, 15) is 4.79 Å². The van der Waals surface area contributed by atoms with Crippen molar-refractivity contribution in [3.05, 3.63) is 42.6 Å². The van der Waals surface area contributed by atoms with Crippen molar-refractivity contribution in [2.24, 2.45) is 0 Å². The van der Waals surface area contributed by atoms with Crippen LogP contribution in [-0.4, -0.2) is 91.7 Å². The maximum atomic E-state index is 13.3. The van der Waals surface area contributed by atoms with Crippen LogP contribution in [-0.2, 0) is 4.74 Å². The van der Waals surface area contributed by atoms with Gasteiger partial charge in [0, 0.05) is 56.2 Å². The van der Waals surface area contributed by atoms with E-state index in [-0.39, 0.29) is 5.91 Å². The van der Waals surface area contributed by atoms with Crippen molar-refractivity contribution in [2.75, 3.05) is 44.7 Å². The van der Waals surface area contributed by atoms with E-state index in [0.29, 0.717) is 17.6 Å². The Bertz CT molecular complexity index is 1460. The highest BCUT2D eigenvalue weighted by atomic mass is 16.5. The normalized spacial score (nSPS) is 22.9. The van der Waals surface area contributed by atoms with Crippen molar-refractivity contribution >= 4 is 28.3 Å². The van der Waals surface area contributed by atoms with Crippen LogP contribution in [0, 0.1) is 0 Å². The Morgan fingerprint density at radius 3 is 2.67 bits per heavy atom. The predicted molar refractivity (Wildman–Crippen MR) is 150 cm³/mol. The summed E-state index contributed by atoms with van der Waals surface area (Å²) in [4.78, 5) is 30.4. The number of ether oxygens (including phenoxy) is 1. The van der Waals surface area contributed by atoms with Crippen molar-refractivity contribution < 1.29 is 9.53 Å². The van der Waals surface area contributed by atoms with E-state index in [0.717, 1.165) is 98.6 Å². The minimum Gasteiger partial charge on any atom is -0.379 e. The number of hydrogen-bond donors (Lipinski definition) is 2. The van der Waals surface area contributed by atoms with Crippen LogP contribution in [0.3, 0.4) is 0 Å². The third kappa shape index (κ3) is 4.76. The molecule has 0 radical (unpaired) electrons. The third-order valence-electron chi connectivity index (χ3n) is 8.78. The number of nitrogens with one attached hydrogen (secondary N) is 2. The number of carbonyl (C=O) groups excluding carboxylic acids is 1. The standard InChI is InChI=1S/C29H36N8O2/c38-29(36-9-2-1-3-10-36)24-18-33-37-11-8-20(16-25(24)37)23-17-30-27-26(23)28(32-19-31-27)34-21-4-6-22(7-5-21)35-12-14-39-15-13-35/h8,11,16-19,21-22H,1-7,9-10,12-15H2,(H2,30,31,32,34). The first-order valence-corrected chi connectivity index (χ1v) is 14.4. The predicted octanol–water partition coefficient (Wildman–Crippen LogP) is 3.95. The zero-order valence-electron chi connectivity index (χ0n) is 22.3. The molecule has 4 aromatic rings. The Morgan fingerprint density at radius 1 is 1.03 bits per heavy atom. The van der Waals surface area contributed by atoms with Crippen molar-refractivity contribution in [3.8, 4) is 11.1 Å². The summed E-state index contributed by atoms with van der Waals surface area (Å²) < 4.78 is 7.33. The molecule has 10 heteroatoms. The van der Waals surface area contributed by atoms with E-state index in [4.69, 9.17) is 4.74 Å². The molecule has 0 aromatic carbocycles. The zero-order chi connectivity index (χ0) is 26.2. The fraction of sp³-hybridized carbons (Fsp3) is 0.517. The molecule has 2 aliphatic heterocycles. The summed E-state index contributed by atoms with van der Waals surface area (Å²) in [5.74, 6) is 0.934. The summed E-state index contributed by atoms with van der Waals surface area (Å²) in [7, 11) is 0. The maximum absolute atomic E-state index is 13.3. The van der Waals surface area contributed by atoms with Gasteiger partial charge in [-0.1, -0.05) is 0 Å². The molecule has 1 amide bonds. The Morgan fingerprint density at radius 2 is 1.85 bits per heavy atom. The van der Waals surface area contributed by atoms with E-state index in [2.05, 4.69) is 36.3 Å². The van der Waals surface area contributed by atoms with Crippen LogP contribution in [0.15, 0.2) is 37.1 Å². The van der Waals surface area contributed by atoms with Crippen molar-refractivity contribution in [1.29, 1.82) is 0 Å². The molecule has 0 unspecified atom stereocenters. The fourth-order valence-electron chi connectivity index (χ4n) is 6.60. The second-order valence-corrected chi connectivity index (χ2v) is 11.1. The number of aromatic amines is 1. The second kappa shape index (κ2) is 10.6. The molecule has 7 rings (SSSR count). The number of hydrogen-bond acceptors (Lipinski definition) is 7. The largest absolute Gasteiger partial charge is 0.379 e. The first-order valence-electron chi connectivity index (χ1n) is 14.4. The molecule has 0 spiro atoms. The molecule has 0 bridgehead atoms. The molecule has 10 nitrogen and oxygen atoms in total. The minimum absolute atomic E-state index is 0.0687. The number of H-pyrrole nitrogens is 1. The lowest BCUT2D eigenvalue weighted by Crippen LogP contribution is -2.46. The van der Waals surface area contributed by atoms with Crippen LogP contribution < -0.4 is 5.32 Å². The van der Waals surface area contributed by atoms with Gasteiger partial charge in [0.25, 0.3) is 5.91 Å². The molecule has 0 atom stereocenters. The lowest BCUT2D eigenvalue weighted by molar-refractivity contribution is 0.00791. The molecular formula is C29H36N8O2. The van der Waals surface area contributed by atoms with E-state index in [1.54, 1.807) is 17.0 Å². The van der Waals surface area contributed by atoms with Crippen LogP contribution >= 0.6 is 0 Å². The summed E-state index contributed by atoms with van der Waals surface area (Å²) in [6.07, 6.45) is 15.2. The summed E-state index contributed by atoms with van der Waals surface area (Å²) in [6, 6.07) is 5.15. The zero-order valence-corrected chi connectivity index (χ0v) is 22.3. The lowest BCUT2D eigenvalue weighted by Gasteiger charge is -2.39. The molecule has 4 aromatic heterocycles. The number of aromatic nitrogens is 5. The highest BCUT2D eigenvalue weighted by molar-refractivity contribution is 6.04. The number of nitrogens with zero attached hydrogens (tertiary/aromatic N) is 6. The summed E-state index contributed by atoms with van der Waals surface area (Å²) in [5.41, 5.74) is 4.32. The quantitative estimate of drug-likeness (QED) is 0.404. The average molecular weight is 529 g/mol. The molecule has 2 saturated heterocycles. The van der Waals surface area contributed by atoms with Crippen LogP contribution in [0.2, 0.25) is 0 Å². The second-order valence-electron chi connectivity index (χ2n) is 11.1. The van der Waals surface area contributed by atoms with Gasteiger partial charge in [-0.3, -0.25) is 9.69 Å². The molecular weight excluding hydrogens is 492 g/mol. The first-order chi connectivity index (χ1) is 19.2. The van der Waals surface area contributed by atoms with Crippen molar-refractivity contribution in [1.82, 2.24) is 34.4 Å². The van der Waals surface area contributed by atoms with E-state index in [1.165, 1.54) is 19.3 Å². The maximum Gasteiger partial charge on any atom is 0.257 e. The highest BCUT2D eigenvalue weighted by Gasteiger charge is 2.28. The van der Waals surface area contributed by atoms with Gasteiger partial charge in [0.2, 0.25) is 0 Å². The number of rotatable bonds is 5. The van der Waals surface area contributed by atoms with Crippen LogP contribution in [0.25, 0.3) is 27.7 Å². The molecule has 1 aliphatic carbocycles. The van der Waals surface area contributed by atoms with Crippen molar-refractivity contribution in [2.45, 2.75) is 57.0 Å². The van der Waals surface area contributed by atoms with Gasteiger partial charge in [-0.2, -0.15) is 5.10 Å². The Labute approximate surface area is 227 Å². The van der Waals surface area contributed by atoms with E-state index < -0.39 is 0 Å². The summed E-state index contributed by atoms with van der Waals surface area (Å²) in [5, 5.41) is 9.21. The van der Waals surface area contributed by atoms with Gasteiger partial charge in [0.1, 0.15) is 17.8 Å². The highest BCUT2D eigenvalue weighted by Crippen LogP contribution is 2.35. The summed E-state index contributed by atoms with van der Waals surface area (Å²) >= 11 is 0. The van der Waals surface area contributed by atoms with Crippen LogP contribution in [0.1, 0.15) is 55.3 Å². The molecule has 3 aliphatic rings. The molecule has 2 N–H and O–H groups in total. The fourth-order valence-corrected chi connectivity index (χ4v) is 6.60. The number of anilines is 1. The van der Waals surface area contributed by atoms with Gasteiger partial charge in [-0.25, -0.2) is 14.5 Å². The van der Waals surface area contributed by atoms with Gasteiger partial charge < -0.3 is 19.9 Å². The number of morpholine rings is 1. The topological polar surface area (TPSA) is 104 Å². The van der Waals surface area contributed by atoms with Gasteiger partial charge in [-0.15, -0.1) is 0 Å². The molecule has 6 heterocycles. The number of likely N-dealkylation sites (tertiary alicyclic amines) is 1. The van der Waals surface area contributed by atoms with Crippen LogP contribution in [0.5, 0.6) is 0 Å². The smallest absolute Gasteiger partial charge is 0.257 e. The van der Waals surface area contributed by atoms with E-state index in [1.807, 2.05) is 23.4 Å². The first kappa shape index (κ1) is 24.5. The Kier molecular flexibility index (Phi) is 6.65. The van der Waals surface area contributed by atoms with Crippen LogP contribution in [0.4, 0.5) is 5.82 Å².